The predicted octanol–water partition coefficient (Wildman–Crippen LogP) is 3.30. The highest BCUT2D eigenvalue weighted by Gasteiger charge is 2.27. The second-order valence-electron chi connectivity index (χ2n) is 7.67. The quantitative estimate of drug-likeness (QED) is 0.867. The number of piperidine rings is 1. The maximum absolute atomic E-state index is 12.7. The monoisotopic (exact) mass is 378 g/mol. The molecule has 4 rings (SSSR count). The van der Waals surface area contributed by atoms with Gasteiger partial charge in [-0.1, -0.05) is 30.3 Å². The Hall–Kier alpha value is -2.73. The van der Waals surface area contributed by atoms with Crippen LogP contribution < -0.4 is 5.32 Å². The molecule has 2 heterocycles. The molecule has 1 N–H and O–H groups in total. The van der Waals surface area contributed by atoms with Crippen molar-refractivity contribution in [3.05, 3.63) is 53.7 Å². The first-order valence-electron chi connectivity index (χ1n) is 9.94. The van der Waals surface area contributed by atoms with Crippen LogP contribution in [0.25, 0.3) is 5.57 Å². The third kappa shape index (κ3) is 3.92. The Morgan fingerprint density at radius 3 is 2.64 bits per heavy atom. The Kier molecular flexibility index (Phi) is 5.39. The lowest BCUT2D eigenvalue weighted by Gasteiger charge is -2.30. The number of likely N-dealkylation sites (tertiary alicyclic amines) is 1. The second kappa shape index (κ2) is 8.10. The topological polar surface area (TPSA) is 67.2 Å². The molecule has 1 saturated heterocycles. The summed E-state index contributed by atoms with van der Waals surface area (Å²) in [4.78, 5) is 27.4. The summed E-state index contributed by atoms with van der Waals surface area (Å²) < 4.78 is 1.92. The van der Waals surface area contributed by atoms with Gasteiger partial charge in [0.15, 0.2) is 5.78 Å². The van der Waals surface area contributed by atoms with E-state index in [4.69, 9.17) is 0 Å². The third-order valence-electron chi connectivity index (χ3n) is 5.73. The average Bonchev–Trinajstić information content (AvgIpc) is 3.30. The van der Waals surface area contributed by atoms with Crippen molar-refractivity contribution in [2.75, 3.05) is 25.5 Å². The molecule has 1 aliphatic carbocycles. The lowest BCUT2D eigenvalue weighted by atomic mass is 10.00. The van der Waals surface area contributed by atoms with Crippen LogP contribution in [0.4, 0.5) is 5.82 Å². The van der Waals surface area contributed by atoms with E-state index >= 15 is 0 Å². The zero-order chi connectivity index (χ0) is 19.5. The summed E-state index contributed by atoms with van der Waals surface area (Å²) in [5.41, 5.74) is 2.69. The van der Waals surface area contributed by atoms with Crippen molar-refractivity contribution in [3.63, 3.8) is 0 Å². The molecule has 1 aromatic carbocycles. The molecule has 2 aromatic rings. The van der Waals surface area contributed by atoms with Crippen LogP contribution in [0.1, 0.15) is 43.7 Å². The SMILES string of the molecule is CN1CCC(n2nccc2NC(=O)CC2=C(c3ccccc3)CCC2=O)CC1. The summed E-state index contributed by atoms with van der Waals surface area (Å²) in [6.45, 7) is 2.06. The number of aromatic nitrogens is 2. The van der Waals surface area contributed by atoms with Crippen molar-refractivity contribution >= 4 is 23.1 Å². The number of benzene rings is 1. The standard InChI is InChI=1S/C22H26N4O2/c1-25-13-10-17(11-14-25)26-21(9-12-23-26)24-22(28)15-19-18(7-8-20(19)27)16-5-3-2-4-6-16/h2-6,9,12,17H,7-8,10-11,13-15H2,1H3,(H,24,28). The smallest absolute Gasteiger partial charge is 0.230 e. The first kappa shape index (κ1) is 18.6. The van der Waals surface area contributed by atoms with Gasteiger partial charge in [-0.3, -0.25) is 9.59 Å². The number of anilines is 1. The van der Waals surface area contributed by atoms with Gasteiger partial charge in [0, 0.05) is 18.1 Å². The fourth-order valence-electron chi connectivity index (χ4n) is 4.16. The predicted molar refractivity (Wildman–Crippen MR) is 109 cm³/mol. The fourth-order valence-corrected chi connectivity index (χ4v) is 4.16. The molecule has 0 saturated carbocycles. The van der Waals surface area contributed by atoms with Gasteiger partial charge in [0.2, 0.25) is 5.91 Å². The fraction of sp³-hybridized carbons (Fsp3) is 0.409. The number of allylic oxidation sites excluding steroid dienone is 1. The third-order valence-corrected chi connectivity index (χ3v) is 5.73. The van der Waals surface area contributed by atoms with Crippen molar-refractivity contribution in [1.82, 2.24) is 14.7 Å². The Bertz CT molecular complexity index is 892. The van der Waals surface area contributed by atoms with Crippen molar-refractivity contribution in [1.29, 1.82) is 0 Å². The van der Waals surface area contributed by atoms with Crippen LogP contribution in [0.15, 0.2) is 48.2 Å². The minimum atomic E-state index is -0.159. The van der Waals surface area contributed by atoms with Gasteiger partial charge in [-0.05, 0) is 50.5 Å². The van der Waals surface area contributed by atoms with Gasteiger partial charge in [-0.25, -0.2) is 4.68 Å². The normalized spacial score (nSPS) is 18.7. The van der Waals surface area contributed by atoms with E-state index in [0.717, 1.165) is 37.1 Å². The summed E-state index contributed by atoms with van der Waals surface area (Å²) in [6.07, 6.45) is 5.07. The molecule has 0 bridgehead atoms. The van der Waals surface area contributed by atoms with E-state index in [9.17, 15) is 9.59 Å². The largest absolute Gasteiger partial charge is 0.311 e. The van der Waals surface area contributed by atoms with Crippen LogP contribution in [-0.4, -0.2) is 46.5 Å². The summed E-state index contributed by atoms with van der Waals surface area (Å²) >= 11 is 0. The molecule has 1 aromatic heterocycles. The molecule has 6 nitrogen and oxygen atoms in total. The number of nitrogens with one attached hydrogen (secondary N) is 1. The highest BCUT2D eigenvalue weighted by atomic mass is 16.2. The number of carbonyl (C=O) groups excluding carboxylic acids is 2. The van der Waals surface area contributed by atoms with Gasteiger partial charge in [0.25, 0.3) is 0 Å². The second-order valence-corrected chi connectivity index (χ2v) is 7.67. The maximum Gasteiger partial charge on any atom is 0.230 e. The van der Waals surface area contributed by atoms with Crippen LogP contribution >= 0.6 is 0 Å². The number of hydrogen-bond acceptors (Lipinski definition) is 4. The number of rotatable bonds is 5. The summed E-state index contributed by atoms with van der Waals surface area (Å²) in [6, 6.07) is 12.0. The molecule has 0 unspecified atom stereocenters. The summed E-state index contributed by atoms with van der Waals surface area (Å²) in [5, 5.41) is 7.41. The first-order chi connectivity index (χ1) is 13.6. The lowest BCUT2D eigenvalue weighted by molar-refractivity contribution is -0.119. The van der Waals surface area contributed by atoms with Gasteiger partial charge < -0.3 is 10.2 Å². The van der Waals surface area contributed by atoms with Crippen molar-refractivity contribution < 1.29 is 9.59 Å². The van der Waals surface area contributed by atoms with E-state index in [-0.39, 0.29) is 18.1 Å². The molecule has 0 atom stereocenters. The molecule has 28 heavy (non-hydrogen) atoms. The maximum atomic E-state index is 12.7. The zero-order valence-electron chi connectivity index (χ0n) is 16.2. The van der Waals surface area contributed by atoms with Gasteiger partial charge in [0.05, 0.1) is 18.7 Å². The molecule has 1 aliphatic heterocycles. The number of carbonyl (C=O) groups is 2. The Labute approximate surface area is 165 Å². The van der Waals surface area contributed by atoms with Crippen molar-refractivity contribution in [3.8, 4) is 0 Å². The number of nitrogens with zero attached hydrogens (tertiary/aromatic N) is 3. The highest BCUT2D eigenvalue weighted by Crippen LogP contribution is 2.33. The molecule has 146 valence electrons. The van der Waals surface area contributed by atoms with Crippen LogP contribution in [0.3, 0.4) is 0 Å². The Morgan fingerprint density at radius 1 is 1.14 bits per heavy atom. The van der Waals surface area contributed by atoms with E-state index in [1.165, 1.54) is 0 Å². The number of ketones is 1. The molecular formula is C22H26N4O2. The number of amides is 1. The zero-order valence-corrected chi connectivity index (χ0v) is 16.2. The molecule has 6 heteroatoms. The molecule has 1 amide bonds. The average molecular weight is 378 g/mol. The molecule has 0 radical (unpaired) electrons. The first-order valence-corrected chi connectivity index (χ1v) is 9.94. The van der Waals surface area contributed by atoms with E-state index in [1.807, 2.05) is 41.1 Å². The van der Waals surface area contributed by atoms with Crippen LogP contribution in [0.5, 0.6) is 0 Å². The Morgan fingerprint density at radius 2 is 1.89 bits per heavy atom. The van der Waals surface area contributed by atoms with Gasteiger partial charge in [-0.2, -0.15) is 5.10 Å². The van der Waals surface area contributed by atoms with Crippen LogP contribution in [0.2, 0.25) is 0 Å². The molecular weight excluding hydrogens is 352 g/mol. The number of Topliss-reactive ketones (excluding diaryl/α,β-unsaturated/α-hetero) is 1. The van der Waals surface area contributed by atoms with Gasteiger partial charge >= 0.3 is 0 Å². The van der Waals surface area contributed by atoms with Crippen LogP contribution in [0, 0.1) is 0 Å². The van der Waals surface area contributed by atoms with Crippen molar-refractivity contribution in [2.45, 2.75) is 38.1 Å². The van der Waals surface area contributed by atoms with Crippen molar-refractivity contribution in [2.24, 2.45) is 0 Å². The minimum absolute atomic E-state index is 0.0813. The number of hydrogen-bond donors (Lipinski definition) is 1. The summed E-state index contributed by atoms with van der Waals surface area (Å²) in [5.74, 6) is 0.637. The summed E-state index contributed by atoms with van der Waals surface area (Å²) in [7, 11) is 2.12. The van der Waals surface area contributed by atoms with Gasteiger partial charge in [-0.15, -0.1) is 0 Å². The highest BCUT2D eigenvalue weighted by molar-refractivity contribution is 6.11. The molecule has 2 aliphatic rings. The van der Waals surface area contributed by atoms with Gasteiger partial charge in [0.1, 0.15) is 5.82 Å². The Balaban J connectivity index is 1.48. The van der Waals surface area contributed by atoms with Crippen LogP contribution in [-0.2, 0) is 9.59 Å². The van der Waals surface area contributed by atoms with E-state index < -0.39 is 0 Å². The van der Waals surface area contributed by atoms with E-state index in [0.29, 0.717) is 30.3 Å². The van der Waals surface area contributed by atoms with E-state index in [1.54, 1.807) is 6.20 Å². The minimum Gasteiger partial charge on any atom is -0.311 e. The lowest BCUT2D eigenvalue weighted by Crippen LogP contribution is -2.32. The molecule has 1 fully saturated rings. The van der Waals surface area contributed by atoms with E-state index in [2.05, 4.69) is 22.4 Å². The molecule has 0 spiro atoms.